The number of nitrogens with one attached hydrogen (secondary N) is 1. The number of carbonyl (C=O) groups excluding carboxylic acids is 1. The molecular weight excluding hydrogens is 398 g/mol. The highest BCUT2D eigenvalue weighted by Crippen LogP contribution is 2.36. The smallest absolute Gasteiger partial charge is 0.257 e. The van der Waals surface area contributed by atoms with Crippen molar-refractivity contribution in [3.05, 3.63) is 57.9 Å². The second-order valence-electron chi connectivity index (χ2n) is 5.31. The Labute approximate surface area is 162 Å². The molecule has 1 N–H and O–H groups in total. The molecule has 0 aliphatic heterocycles. The van der Waals surface area contributed by atoms with Gasteiger partial charge in [-0.2, -0.15) is 0 Å². The van der Waals surface area contributed by atoms with Gasteiger partial charge in [0.15, 0.2) is 28.3 Å². The maximum absolute atomic E-state index is 13.4. The van der Waals surface area contributed by atoms with Crippen LogP contribution in [0.5, 0.6) is 11.5 Å². The molecule has 0 aliphatic carbocycles. The van der Waals surface area contributed by atoms with Crippen molar-refractivity contribution in [2.75, 3.05) is 19.5 Å². The van der Waals surface area contributed by atoms with Gasteiger partial charge in [0.2, 0.25) is 0 Å². The van der Waals surface area contributed by atoms with Crippen LogP contribution >= 0.6 is 22.9 Å². The van der Waals surface area contributed by atoms with Crippen molar-refractivity contribution in [3.63, 3.8) is 0 Å². The van der Waals surface area contributed by atoms with Crippen LogP contribution in [0.2, 0.25) is 5.02 Å². The van der Waals surface area contributed by atoms with Crippen LogP contribution in [0, 0.1) is 11.6 Å². The van der Waals surface area contributed by atoms with Gasteiger partial charge in [0.1, 0.15) is 0 Å². The molecule has 140 valence electrons. The fourth-order valence-corrected chi connectivity index (χ4v) is 3.34. The lowest BCUT2D eigenvalue weighted by Crippen LogP contribution is -2.12. The number of amides is 1. The van der Waals surface area contributed by atoms with Crippen molar-refractivity contribution >= 4 is 34.0 Å². The monoisotopic (exact) mass is 410 g/mol. The van der Waals surface area contributed by atoms with Gasteiger partial charge in [0.25, 0.3) is 5.91 Å². The molecule has 0 radical (unpaired) electrons. The van der Waals surface area contributed by atoms with E-state index in [9.17, 15) is 13.6 Å². The van der Waals surface area contributed by atoms with E-state index in [0.717, 1.165) is 23.5 Å². The first kappa shape index (κ1) is 19.1. The maximum Gasteiger partial charge on any atom is 0.257 e. The van der Waals surface area contributed by atoms with Crippen molar-refractivity contribution in [1.29, 1.82) is 0 Å². The van der Waals surface area contributed by atoms with Crippen LogP contribution < -0.4 is 14.8 Å². The Morgan fingerprint density at radius 3 is 2.59 bits per heavy atom. The maximum atomic E-state index is 13.4. The molecule has 0 fully saturated rings. The van der Waals surface area contributed by atoms with E-state index < -0.39 is 17.5 Å². The summed E-state index contributed by atoms with van der Waals surface area (Å²) in [4.78, 5) is 16.7. The summed E-state index contributed by atoms with van der Waals surface area (Å²) in [6.45, 7) is 0. The lowest BCUT2D eigenvalue weighted by Gasteiger charge is -2.11. The Balaban J connectivity index is 1.82. The van der Waals surface area contributed by atoms with Gasteiger partial charge in [-0.05, 0) is 30.3 Å². The molecule has 5 nitrogen and oxygen atoms in total. The average molecular weight is 411 g/mol. The first-order chi connectivity index (χ1) is 12.9. The lowest BCUT2D eigenvalue weighted by atomic mass is 10.1. The summed E-state index contributed by atoms with van der Waals surface area (Å²) in [6, 6.07) is 6.41. The summed E-state index contributed by atoms with van der Waals surface area (Å²) in [5.41, 5.74) is 1.07. The Bertz CT molecular complexity index is 1010. The average Bonchev–Trinajstić information content (AvgIpc) is 3.11. The number of methoxy groups -OCH3 is 2. The molecule has 1 amide bonds. The van der Waals surface area contributed by atoms with E-state index >= 15 is 0 Å². The summed E-state index contributed by atoms with van der Waals surface area (Å²) < 4.78 is 36.7. The van der Waals surface area contributed by atoms with Crippen molar-refractivity contribution in [3.8, 4) is 22.8 Å². The lowest BCUT2D eigenvalue weighted by molar-refractivity contribution is 0.102. The van der Waals surface area contributed by atoms with Crippen LogP contribution in [0.3, 0.4) is 0 Å². The second kappa shape index (κ2) is 7.89. The first-order valence-electron chi connectivity index (χ1n) is 7.56. The molecular formula is C18H13ClF2N2O3S. The van der Waals surface area contributed by atoms with Gasteiger partial charge in [-0.25, -0.2) is 13.8 Å². The Hall–Kier alpha value is -2.71. The van der Waals surface area contributed by atoms with Crippen molar-refractivity contribution in [2.24, 2.45) is 0 Å². The van der Waals surface area contributed by atoms with Crippen LogP contribution in [-0.2, 0) is 0 Å². The minimum atomic E-state index is -0.967. The summed E-state index contributed by atoms with van der Waals surface area (Å²) in [5.74, 6) is -1.72. The highest BCUT2D eigenvalue weighted by Gasteiger charge is 2.17. The van der Waals surface area contributed by atoms with Crippen molar-refractivity contribution in [2.45, 2.75) is 0 Å². The molecule has 3 aromatic rings. The van der Waals surface area contributed by atoms with E-state index in [4.69, 9.17) is 21.1 Å². The fourth-order valence-electron chi connectivity index (χ4n) is 2.34. The number of thiazole rings is 1. The van der Waals surface area contributed by atoms with Crippen LogP contribution in [0.25, 0.3) is 11.3 Å². The van der Waals surface area contributed by atoms with Gasteiger partial charge >= 0.3 is 0 Å². The van der Waals surface area contributed by atoms with Gasteiger partial charge in [-0.15, -0.1) is 11.3 Å². The third-order valence-electron chi connectivity index (χ3n) is 3.64. The Morgan fingerprint density at radius 2 is 1.93 bits per heavy atom. The van der Waals surface area contributed by atoms with Crippen molar-refractivity contribution in [1.82, 2.24) is 4.98 Å². The zero-order valence-corrected chi connectivity index (χ0v) is 15.8. The highest BCUT2D eigenvalue weighted by molar-refractivity contribution is 7.14. The quantitative estimate of drug-likeness (QED) is 0.642. The predicted octanol–water partition coefficient (Wildman–Crippen LogP) is 5.01. The van der Waals surface area contributed by atoms with Crippen LogP contribution in [0.4, 0.5) is 13.9 Å². The SMILES string of the molecule is COc1cc(C(=O)Nc2nc(-c3ccc(F)c(F)c3)cs2)cc(Cl)c1OC. The molecule has 0 unspecified atom stereocenters. The third kappa shape index (κ3) is 4.01. The van der Waals surface area contributed by atoms with Crippen LogP contribution in [-0.4, -0.2) is 25.1 Å². The van der Waals surface area contributed by atoms with E-state index in [1.54, 1.807) is 5.38 Å². The summed E-state index contributed by atoms with van der Waals surface area (Å²) >= 11 is 7.26. The number of carbonyl (C=O) groups is 1. The zero-order valence-electron chi connectivity index (χ0n) is 14.2. The predicted molar refractivity (Wildman–Crippen MR) is 100.0 cm³/mol. The largest absolute Gasteiger partial charge is 0.493 e. The Morgan fingerprint density at radius 1 is 1.15 bits per heavy atom. The second-order valence-corrected chi connectivity index (χ2v) is 6.58. The number of ether oxygens (including phenoxy) is 2. The topological polar surface area (TPSA) is 60.5 Å². The fraction of sp³-hybridized carbons (Fsp3) is 0.111. The molecule has 0 spiro atoms. The summed E-state index contributed by atoms with van der Waals surface area (Å²) in [5, 5.41) is 4.79. The number of rotatable bonds is 5. The minimum Gasteiger partial charge on any atom is -0.493 e. The van der Waals surface area contributed by atoms with E-state index in [-0.39, 0.29) is 10.6 Å². The number of anilines is 1. The molecule has 1 aromatic heterocycles. The molecule has 0 aliphatic rings. The third-order valence-corrected chi connectivity index (χ3v) is 4.67. The zero-order chi connectivity index (χ0) is 19.6. The minimum absolute atomic E-state index is 0.226. The normalized spacial score (nSPS) is 10.6. The summed E-state index contributed by atoms with van der Waals surface area (Å²) in [7, 11) is 2.88. The van der Waals surface area contributed by atoms with Gasteiger partial charge in [-0.3, -0.25) is 10.1 Å². The molecule has 0 saturated carbocycles. The number of nitrogens with zero attached hydrogens (tertiary/aromatic N) is 1. The number of hydrogen-bond acceptors (Lipinski definition) is 5. The highest BCUT2D eigenvalue weighted by atomic mass is 35.5. The number of aromatic nitrogens is 1. The van der Waals surface area contributed by atoms with E-state index in [2.05, 4.69) is 10.3 Å². The number of benzene rings is 2. The molecule has 0 atom stereocenters. The molecule has 3 rings (SSSR count). The Kier molecular flexibility index (Phi) is 5.57. The number of halogens is 3. The van der Waals surface area contributed by atoms with E-state index in [1.807, 2.05) is 0 Å². The van der Waals surface area contributed by atoms with Gasteiger partial charge in [0, 0.05) is 16.5 Å². The van der Waals surface area contributed by atoms with Gasteiger partial charge in [-0.1, -0.05) is 11.6 Å². The molecule has 9 heteroatoms. The van der Waals surface area contributed by atoms with Crippen LogP contribution in [0.15, 0.2) is 35.7 Å². The molecule has 1 heterocycles. The molecule has 2 aromatic carbocycles. The van der Waals surface area contributed by atoms with Crippen LogP contribution in [0.1, 0.15) is 10.4 Å². The number of hydrogen-bond donors (Lipinski definition) is 1. The van der Waals surface area contributed by atoms with E-state index in [0.29, 0.717) is 27.9 Å². The standard InChI is InChI=1S/C18H13ClF2N2O3S/c1-25-15-7-10(5-11(19)16(15)26-2)17(24)23-18-22-14(8-27-18)9-3-4-12(20)13(21)6-9/h3-8H,1-2H3,(H,22,23,24). The van der Waals surface area contributed by atoms with Gasteiger partial charge < -0.3 is 9.47 Å². The van der Waals surface area contributed by atoms with Gasteiger partial charge in [0.05, 0.1) is 24.9 Å². The summed E-state index contributed by atoms with van der Waals surface area (Å²) in [6.07, 6.45) is 0. The van der Waals surface area contributed by atoms with Crippen molar-refractivity contribution < 1.29 is 23.0 Å². The molecule has 0 bridgehead atoms. The van der Waals surface area contributed by atoms with E-state index in [1.165, 1.54) is 32.4 Å². The first-order valence-corrected chi connectivity index (χ1v) is 8.82. The molecule has 0 saturated heterocycles. The molecule has 27 heavy (non-hydrogen) atoms.